The number of fused-ring (bicyclic) bond motifs is 3. The van der Waals surface area contributed by atoms with Crippen LogP contribution in [0.5, 0.6) is 0 Å². The zero-order valence-corrected chi connectivity index (χ0v) is 18.1. The number of benzene rings is 1. The van der Waals surface area contributed by atoms with Crippen molar-refractivity contribution in [3.05, 3.63) is 80.6 Å². The van der Waals surface area contributed by atoms with Gasteiger partial charge in [-0.2, -0.15) is 0 Å². The van der Waals surface area contributed by atoms with E-state index in [0.29, 0.717) is 17.2 Å². The van der Waals surface area contributed by atoms with Crippen LogP contribution in [-0.4, -0.2) is 27.5 Å². The highest BCUT2D eigenvalue weighted by Crippen LogP contribution is 2.41. The highest BCUT2D eigenvalue weighted by atomic mass is 32.1. The number of methoxy groups -OCH3 is 1. The molecule has 0 aliphatic carbocycles. The lowest BCUT2D eigenvalue weighted by molar-refractivity contribution is -0.384. The fraction of sp³-hybridized carbons (Fsp3) is 0.182. The van der Waals surface area contributed by atoms with Crippen LogP contribution in [0, 0.1) is 17.0 Å². The van der Waals surface area contributed by atoms with E-state index in [1.165, 1.54) is 23.5 Å². The highest BCUT2D eigenvalue weighted by molar-refractivity contribution is 7.21. The van der Waals surface area contributed by atoms with Gasteiger partial charge in [-0.1, -0.05) is 6.07 Å². The van der Waals surface area contributed by atoms with Crippen LogP contribution in [0.1, 0.15) is 32.7 Å². The molecule has 0 fully saturated rings. The smallest absolute Gasteiger partial charge is 0.271 e. The van der Waals surface area contributed by atoms with E-state index >= 15 is 0 Å². The first kappa shape index (κ1) is 20.2. The summed E-state index contributed by atoms with van der Waals surface area (Å²) < 4.78 is 7.16. The lowest BCUT2D eigenvalue weighted by atomic mass is 10.1. The normalized spacial score (nSPS) is 15.3. The molecule has 162 valence electrons. The number of amides is 1. The van der Waals surface area contributed by atoms with Gasteiger partial charge in [0.25, 0.3) is 11.6 Å². The van der Waals surface area contributed by atoms with E-state index in [2.05, 4.69) is 15.6 Å². The van der Waals surface area contributed by atoms with Crippen molar-refractivity contribution < 1.29 is 14.5 Å². The summed E-state index contributed by atoms with van der Waals surface area (Å²) >= 11 is 1.36. The number of nitro groups is 1. The second kappa shape index (κ2) is 7.74. The van der Waals surface area contributed by atoms with Crippen LogP contribution < -0.4 is 10.6 Å². The number of aromatic nitrogens is 2. The molecule has 10 heteroatoms. The van der Waals surface area contributed by atoms with Gasteiger partial charge < -0.3 is 19.9 Å². The number of ether oxygens (including phenoxy) is 1. The average molecular weight is 449 g/mol. The van der Waals surface area contributed by atoms with Crippen molar-refractivity contribution >= 4 is 38.8 Å². The average Bonchev–Trinajstić information content (AvgIpc) is 3.39. The molecule has 0 saturated heterocycles. The number of carbonyl (C=O) groups excluding carboxylic acids is 1. The predicted octanol–water partition coefficient (Wildman–Crippen LogP) is 4.30. The Labute approximate surface area is 186 Å². The van der Waals surface area contributed by atoms with Gasteiger partial charge in [0.1, 0.15) is 15.9 Å². The molecule has 1 aliphatic heterocycles. The van der Waals surface area contributed by atoms with Crippen molar-refractivity contribution in [1.29, 1.82) is 0 Å². The summed E-state index contributed by atoms with van der Waals surface area (Å²) in [6, 6.07) is 10.2. The molecular formula is C22H19N5O4S. The molecule has 0 radical (unpaired) electrons. The molecule has 1 unspecified atom stereocenters. The van der Waals surface area contributed by atoms with Crippen molar-refractivity contribution in [1.82, 2.24) is 14.9 Å². The van der Waals surface area contributed by atoms with Crippen molar-refractivity contribution in [2.75, 3.05) is 12.4 Å². The summed E-state index contributed by atoms with van der Waals surface area (Å²) in [5.74, 6) is -0.170. The van der Waals surface area contributed by atoms with E-state index in [1.807, 2.05) is 31.5 Å². The molecule has 0 bridgehead atoms. The molecule has 9 nitrogen and oxygen atoms in total. The van der Waals surface area contributed by atoms with Gasteiger partial charge in [0.2, 0.25) is 0 Å². The van der Waals surface area contributed by atoms with Crippen LogP contribution >= 0.6 is 11.3 Å². The topological polar surface area (TPSA) is 111 Å². The number of anilines is 1. The third kappa shape index (κ3) is 3.39. The fourth-order valence-electron chi connectivity index (χ4n) is 3.93. The number of hydrogen-bond acceptors (Lipinski definition) is 7. The largest absolute Gasteiger partial charge is 0.380 e. The summed E-state index contributed by atoms with van der Waals surface area (Å²) in [6.07, 6.45) is 3.20. The SMILES string of the molecule is COCc1cc(C)nc2sc3c(c12)NC(c1ccn(-c2cccc([N+](=O)[O-])c2)c1)NC3=O. The zero-order chi connectivity index (χ0) is 22.4. The Kier molecular flexibility index (Phi) is 4.87. The first-order chi connectivity index (χ1) is 15.4. The zero-order valence-electron chi connectivity index (χ0n) is 17.3. The molecule has 0 saturated carbocycles. The summed E-state index contributed by atoms with van der Waals surface area (Å²) in [5, 5.41) is 18.4. The summed E-state index contributed by atoms with van der Waals surface area (Å²) in [5.41, 5.74) is 4.10. The number of nitrogens with zero attached hydrogens (tertiary/aromatic N) is 3. The molecule has 32 heavy (non-hydrogen) atoms. The lowest BCUT2D eigenvalue weighted by Crippen LogP contribution is -2.37. The predicted molar refractivity (Wildman–Crippen MR) is 121 cm³/mol. The minimum Gasteiger partial charge on any atom is -0.380 e. The molecular weight excluding hydrogens is 430 g/mol. The third-order valence-electron chi connectivity index (χ3n) is 5.33. The molecule has 0 spiro atoms. The van der Waals surface area contributed by atoms with Crippen LogP contribution in [0.25, 0.3) is 15.9 Å². The van der Waals surface area contributed by atoms with E-state index < -0.39 is 11.1 Å². The third-order valence-corrected chi connectivity index (χ3v) is 6.41. The van der Waals surface area contributed by atoms with Gasteiger partial charge in [0.05, 0.1) is 22.9 Å². The number of aryl methyl sites for hydroxylation is 1. The fourth-order valence-corrected chi connectivity index (χ4v) is 5.07. The Bertz CT molecular complexity index is 1380. The van der Waals surface area contributed by atoms with E-state index in [4.69, 9.17) is 4.74 Å². The molecule has 3 aromatic heterocycles. The Morgan fingerprint density at radius 3 is 2.91 bits per heavy atom. The first-order valence-electron chi connectivity index (χ1n) is 9.86. The van der Waals surface area contributed by atoms with Gasteiger partial charge in [-0.3, -0.25) is 14.9 Å². The van der Waals surface area contributed by atoms with Crippen LogP contribution in [0.15, 0.2) is 48.8 Å². The standard InChI is InChI=1S/C22H19N5O4S/c1-12-8-14(11-31-2)17-18-19(32-22(17)23-12)21(28)25-20(24-18)13-6-7-26(10-13)15-4-3-5-16(9-15)27(29)30/h3-10,20,24H,11H2,1-2H3,(H,25,28). The van der Waals surface area contributed by atoms with E-state index in [-0.39, 0.29) is 11.6 Å². The molecule has 1 atom stereocenters. The van der Waals surface area contributed by atoms with Crippen molar-refractivity contribution in [2.45, 2.75) is 19.7 Å². The van der Waals surface area contributed by atoms with E-state index in [9.17, 15) is 14.9 Å². The quantitative estimate of drug-likeness (QED) is 0.347. The molecule has 2 N–H and O–H groups in total. The summed E-state index contributed by atoms with van der Waals surface area (Å²) in [7, 11) is 1.64. The summed E-state index contributed by atoms with van der Waals surface area (Å²) in [6.45, 7) is 2.34. The van der Waals surface area contributed by atoms with Crippen molar-refractivity contribution in [3.8, 4) is 5.69 Å². The van der Waals surface area contributed by atoms with Crippen molar-refractivity contribution in [3.63, 3.8) is 0 Å². The molecule has 1 aliphatic rings. The molecule has 5 rings (SSSR count). The second-order valence-corrected chi connectivity index (χ2v) is 8.52. The Morgan fingerprint density at radius 2 is 2.12 bits per heavy atom. The number of thiophene rings is 1. The Hall–Kier alpha value is -3.76. The molecule has 4 heterocycles. The lowest BCUT2D eigenvalue weighted by Gasteiger charge is -2.26. The van der Waals surface area contributed by atoms with Crippen LogP contribution in [0.4, 0.5) is 11.4 Å². The number of carbonyl (C=O) groups is 1. The first-order valence-corrected chi connectivity index (χ1v) is 10.7. The van der Waals surface area contributed by atoms with E-state index in [0.717, 1.165) is 32.7 Å². The van der Waals surface area contributed by atoms with Crippen LogP contribution in [0.3, 0.4) is 0 Å². The van der Waals surface area contributed by atoms with Gasteiger partial charge >= 0.3 is 0 Å². The maximum Gasteiger partial charge on any atom is 0.271 e. The minimum atomic E-state index is -0.454. The number of hydrogen-bond donors (Lipinski definition) is 2. The van der Waals surface area contributed by atoms with Crippen LogP contribution in [0.2, 0.25) is 0 Å². The maximum absolute atomic E-state index is 12.9. The molecule has 1 amide bonds. The number of rotatable bonds is 5. The number of nitro benzene ring substituents is 1. The van der Waals surface area contributed by atoms with Gasteiger partial charge in [0, 0.05) is 48.3 Å². The summed E-state index contributed by atoms with van der Waals surface area (Å²) in [4.78, 5) is 29.6. The van der Waals surface area contributed by atoms with Crippen LogP contribution in [-0.2, 0) is 11.3 Å². The minimum absolute atomic E-state index is 0.0182. The maximum atomic E-state index is 12.9. The highest BCUT2D eigenvalue weighted by Gasteiger charge is 2.30. The Morgan fingerprint density at radius 1 is 1.28 bits per heavy atom. The van der Waals surface area contributed by atoms with Gasteiger partial charge in [0.15, 0.2) is 0 Å². The van der Waals surface area contributed by atoms with E-state index in [1.54, 1.807) is 23.8 Å². The molecule has 1 aromatic carbocycles. The number of pyridine rings is 1. The number of non-ortho nitro benzene ring substituents is 1. The molecule has 4 aromatic rings. The van der Waals surface area contributed by atoms with Gasteiger partial charge in [-0.15, -0.1) is 11.3 Å². The second-order valence-electron chi connectivity index (χ2n) is 7.52. The van der Waals surface area contributed by atoms with Gasteiger partial charge in [-0.25, -0.2) is 4.98 Å². The van der Waals surface area contributed by atoms with Gasteiger partial charge in [-0.05, 0) is 30.7 Å². The monoisotopic (exact) mass is 449 g/mol. The number of nitrogens with one attached hydrogen (secondary N) is 2. The Balaban J connectivity index is 1.52. The van der Waals surface area contributed by atoms with Crippen molar-refractivity contribution in [2.24, 2.45) is 0 Å².